The van der Waals surface area contributed by atoms with Crippen molar-refractivity contribution < 1.29 is 14.6 Å². The molecule has 1 heterocycles. The summed E-state index contributed by atoms with van der Waals surface area (Å²) < 4.78 is 5.38. The maximum Gasteiger partial charge on any atom is 0.410 e. The molecule has 0 spiro atoms. The molecular formula is C18H23ClN2O3. The Balaban J connectivity index is 2.26. The van der Waals surface area contributed by atoms with E-state index in [4.69, 9.17) is 16.3 Å². The SMILES string of the molecule is CN(CC(CCl)c1ccc(O)c2ncccc12)C(=O)OC(C)(C)C. The lowest BCUT2D eigenvalue weighted by molar-refractivity contribution is 0.0291. The summed E-state index contributed by atoms with van der Waals surface area (Å²) in [5, 5.41) is 10.8. The summed E-state index contributed by atoms with van der Waals surface area (Å²) in [7, 11) is 1.69. The fraction of sp³-hybridized carbons (Fsp3) is 0.444. The second-order valence-corrected chi connectivity index (χ2v) is 7.09. The van der Waals surface area contributed by atoms with Crippen molar-refractivity contribution in [2.24, 2.45) is 0 Å². The van der Waals surface area contributed by atoms with Crippen LogP contribution in [0.3, 0.4) is 0 Å². The van der Waals surface area contributed by atoms with Gasteiger partial charge in [-0.25, -0.2) is 4.79 Å². The van der Waals surface area contributed by atoms with Crippen molar-refractivity contribution in [3.63, 3.8) is 0 Å². The smallest absolute Gasteiger partial charge is 0.410 e. The predicted octanol–water partition coefficient (Wildman–Crippen LogP) is 4.13. The van der Waals surface area contributed by atoms with Gasteiger partial charge in [0.2, 0.25) is 0 Å². The molecule has 5 nitrogen and oxygen atoms in total. The molecule has 130 valence electrons. The van der Waals surface area contributed by atoms with E-state index >= 15 is 0 Å². The molecule has 0 bridgehead atoms. The first-order valence-electron chi connectivity index (χ1n) is 7.79. The highest BCUT2D eigenvalue weighted by molar-refractivity contribution is 6.18. The third-order valence-electron chi connectivity index (χ3n) is 3.61. The first-order valence-corrected chi connectivity index (χ1v) is 8.33. The summed E-state index contributed by atoms with van der Waals surface area (Å²) in [6.45, 7) is 5.90. The summed E-state index contributed by atoms with van der Waals surface area (Å²) in [5.41, 5.74) is 0.933. The van der Waals surface area contributed by atoms with Gasteiger partial charge >= 0.3 is 6.09 Å². The van der Waals surface area contributed by atoms with Crippen molar-refractivity contribution in [1.82, 2.24) is 9.88 Å². The van der Waals surface area contributed by atoms with Gasteiger partial charge in [0, 0.05) is 37.0 Å². The van der Waals surface area contributed by atoms with Gasteiger partial charge in [-0.2, -0.15) is 0 Å². The average molecular weight is 351 g/mol. The van der Waals surface area contributed by atoms with Gasteiger partial charge in [0.15, 0.2) is 0 Å². The number of likely N-dealkylation sites (N-methyl/N-ethyl adjacent to an activating group) is 1. The molecule has 0 saturated heterocycles. The molecule has 0 saturated carbocycles. The van der Waals surface area contributed by atoms with Crippen LogP contribution in [0.15, 0.2) is 30.5 Å². The van der Waals surface area contributed by atoms with Crippen LogP contribution in [-0.2, 0) is 4.74 Å². The van der Waals surface area contributed by atoms with Crippen molar-refractivity contribution in [3.05, 3.63) is 36.0 Å². The number of amides is 1. The zero-order valence-corrected chi connectivity index (χ0v) is 15.2. The summed E-state index contributed by atoms with van der Waals surface area (Å²) >= 11 is 6.16. The molecule has 1 aromatic carbocycles. The highest BCUT2D eigenvalue weighted by atomic mass is 35.5. The fourth-order valence-corrected chi connectivity index (χ4v) is 2.77. The number of fused-ring (bicyclic) bond motifs is 1. The number of benzene rings is 1. The molecule has 1 N–H and O–H groups in total. The number of pyridine rings is 1. The van der Waals surface area contributed by atoms with E-state index in [1.807, 2.05) is 39.0 Å². The van der Waals surface area contributed by atoms with Gasteiger partial charge in [-0.15, -0.1) is 11.6 Å². The van der Waals surface area contributed by atoms with Gasteiger partial charge in [0.05, 0.1) is 0 Å². The molecule has 2 rings (SSSR count). The van der Waals surface area contributed by atoms with Crippen LogP contribution in [0.4, 0.5) is 4.79 Å². The third-order valence-corrected chi connectivity index (χ3v) is 3.98. The van der Waals surface area contributed by atoms with Crippen LogP contribution in [0.2, 0.25) is 0 Å². The van der Waals surface area contributed by atoms with Crippen molar-refractivity contribution >= 4 is 28.6 Å². The zero-order valence-electron chi connectivity index (χ0n) is 14.4. The van der Waals surface area contributed by atoms with Gasteiger partial charge in [-0.05, 0) is 38.5 Å². The minimum absolute atomic E-state index is 0.100. The molecule has 6 heteroatoms. The van der Waals surface area contributed by atoms with Gasteiger partial charge in [-0.1, -0.05) is 12.1 Å². The Morgan fingerprint density at radius 3 is 2.71 bits per heavy atom. The van der Waals surface area contributed by atoms with Crippen LogP contribution in [0.25, 0.3) is 10.9 Å². The number of carbonyl (C=O) groups excluding carboxylic acids is 1. The van der Waals surface area contributed by atoms with Crippen molar-refractivity contribution in [1.29, 1.82) is 0 Å². The largest absolute Gasteiger partial charge is 0.506 e. The number of nitrogens with zero attached hydrogens (tertiary/aromatic N) is 2. The average Bonchev–Trinajstić information content (AvgIpc) is 2.52. The number of alkyl halides is 1. The maximum atomic E-state index is 12.2. The van der Waals surface area contributed by atoms with E-state index in [0.717, 1.165) is 10.9 Å². The van der Waals surface area contributed by atoms with E-state index in [1.165, 1.54) is 4.90 Å². The molecule has 0 radical (unpaired) electrons. The van der Waals surface area contributed by atoms with Crippen LogP contribution in [0, 0.1) is 0 Å². The molecule has 24 heavy (non-hydrogen) atoms. The van der Waals surface area contributed by atoms with Crippen LogP contribution in [0.1, 0.15) is 32.3 Å². The first kappa shape index (κ1) is 18.3. The minimum atomic E-state index is -0.545. The maximum absolute atomic E-state index is 12.2. The normalized spacial score (nSPS) is 12.9. The lowest BCUT2D eigenvalue weighted by Gasteiger charge is -2.27. The van der Waals surface area contributed by atoms with Gasteiger partial charge < -0.3 is 14.7 Å². The van der Waals surface area contributed by atoms with Gasteiger partial charge in [0.25, 0.3) is 0 Å². The zero-order chi connectivity index (χ0) is 17.9. The van der Waals surface area contributed by atoms with E-state index in [2.05, 4.69) is 4.98 Å². The highest BCUT2D eigenvalue weighted by Gasteiger charge is 2.23. The minimum Gasteiger partial charge on any atom is -0.506 e. The van der Waals surface area contributed by atoms with Crippen LogP contribution in [0.5, 0.6) is 5.75 Å². The van der Waals surface area contributed by atoms with Crippen LogP contribution >= 0.6 is 11.6 Å². The Morgan fingerprint density at radius 1 is 1.38 bits per heavy atom. The van der Waals surface area contributed by atoms with Crippen molar-refractivity contribution in [3.8, 4) is 5.75 Å². The molecule has 1 atom stereocenters. The molecule has 0 aliphatic carbocycles. The van der Waals surface area contributed by atoms with Gasteiger partial charge in [-0.3, -0.25) is 4.98 Å². The molecule has 0 fully saturated rings. The third kappa shape index (κ3) is 4.29. The number of phenolic OH excluding ortho intramolecular Hbond substituents is 1. The quantitative estimate of drug-likeness (QED) is 0.842. The molecule has 1 unspecified atom stereocenters. The molecule has 1 aromatic heterocycles. The lowest BCUT2D eigenvalue weighted by atomic mass is 9.95. The Bertz CT molecular complexity index is 728. The number of hydrogen-bond acceptors (Lipinski definition) is 4. The standard InChI is InChI=1S/C18H23ClN2O3/c1-18(2,3)24-17(23)21(4)11-12(10-19)13-7-8-15(22)16-14(13)6-5-9-20-16/h5-9,12,22H,10-11H2,1-4H3. The summed E-state index contributed by atoms with van der Waals surface area (Å²) in [4.78, 5) is 17.9. The number of rotatable bonds is 4. The van der Waals surface area contributed by atoms with Gasteiger partial charge in [0.1, 0.15) is 16.9 Å². The number of aromatic nitrogens is 1. The van der Waals surface area contributed by atoms with Crippen LogP contribution in [-0.4, -0.2) is 46.2 Å². The Morgan fingerprint density at radius 2 is 2.08 bits per heavy atom. The topological polar surface area (TPSA) is 62.7 Å². The first-order chi connectivity index (χ1) is 11.2. The Hall–Kier alpha value is -2.01. The van der Waals surface area contributed by atoms with Crippen LogP contribution < -0.4 is 0 Å². The fourth-order valence-electron chi connectivity index (χ4n) is 2.51. The molecule has 1 amide bonds. The Labute approximate surface area is 147 Å². The van der Waals surface area contributed by atoms with Crippen molar-refractivity contribution in [2.45, 2.75) is 32.3 Å². The summed E-state index contributed by atoms with van der Waals surface area (Å²) in [5.74, 6) is 0.363. The molecule has 0 aliphatic heterocycles. The second kappa shape index (κ2) is 7.26. The van der Waals surface area contributed by atoms with E-state index in [0.29, 0.717) is 17.9 Å². The summed E-state index contributed by atoms with van der Waals surface area (Å²) in [6.07, 6.45) is 1.24. The molecule has 2 aromatic rings. The highest BCUT2D eigenvalue weighted by Crippen LogP contribution is 2.31. The van der Waals surface area contributed by atoms with Crippen molar-refractivity contribution in [2.75, 3.05) is 19.5 Å². The molecule has 0 aliphatic rings. The predicted molar refractivity (Wildman–Crippen MR) is 95.7 cm³/mol. The summed E-state index contributed by atoms with van der Waals surface area (Å²) in [6, 6.07) is 7.14. The second-order valence-electron chi connectivity index (χ2n) is 6.79. The van der Waals surface area contributed by atoms with E-state index in [9.17, 15) is 9.90 Å². The Kier molecular flexibility index (Phi) is 5.54. The number of halogens is 1. The number of ether oxygens (including phenoxy) is 1. The monoisotopic (exact) mass is 350 g/mol. The number of carbonyl (C=O) groups is 1. The lowest BCUT2D eigenvalue weighted by Crippen LogP contribution is -2.36. The van der Waals surface area contributed by atoms with E-state index < -0.39 is 5.60 Å². The molecular weight excluding hydrogens is 328 g/mol. The van der Waals surface area contributed by atoms with E-state index in [-0.39, 0.29) is 17.8 Å². The number of hydrogen-bond donors (Lipinski definition) is 1. The van der Waals surface area contributed by atoms with E-state index in [1.54, 1.807) is 19.3 Å². The number of aromatic hydroxyl groups is 1. The number of phenols is 1.